The van der Waals surface area contributed by atoms with Crippen LogP contribution in [-0.2, 0) is 0 Å². The fraction of sp³-hybridized carbons (Fsp3) is 0.250. The smallest absolute Gasteiger partial charge is 0.126 e. The number of hydrogen-bond donors (Lipinski definition) is 6. The molecule has 0 heterocycles. The molecule has 0 unspecified atom stereocenters. The van der Waals surface area contributed by atoms with Gasteiger partial charge in [-0.1, -0.05) is 13.3 Å². The minimum atomic E-state index is -0.703. The zero-order valence-electron chi connectivity index (χ0n) is 12.0. The summed E-state index contributed by atoms with van der Waals surface area (Å²) in [4.78, 5) is 0. The quantitative estimate of drug-likeness (QED) is 0.516. The van der Waals surface area contributed by atoms with Crippen LogP contribution in [0.1, 0.15) is 36.8 Å². The summed E-state index contributed by atoms with van der Waals surface area (Å²) in [6.45, 7) is 1.87. The molecule has 0 saturated carbocycles. The Morgan fingerprint density at radius 2 is 1.00 bits per heavy atom. The first kappa shape index (κ1) is 15.6. The molecule has 0 aliphatic heterocycles. The summed E-state index contributed by atoms with van der Waals surface area (Å²) in [5, 5.41) is 58.9. The zero-order chi connectivity index (χ0) is 16.4. The molecule has 0 aliphatic carbocycles. The highest BCUT2D eigenvalue weighted by atomic mass is 16.3. The van der Waals surface area contributed by atoms with Crippen LogP contribution < -0.4 is 0 Å². The normalized spacial score (nSPS) is 11.0. The van der Waals surface area contributed by atoms with Crippen LogP contribution in [0.25, 0.3) is 0 Å². The fourth-order valence-corrected chi connectivity index (χ4v) is 2.65. The van der Waals surface area contributed by atoms with E-state index in [1.807, 2.05) is 6.92 Å². The van der Waals surface area contributed by atoms with Crippen LogP contribution in [0.3, 0.4) is 0 Å². The Hall–Kier alpha value is -2.76. The maximum absolute atomic E-state index is 10.0. The highest BCUT2D eigenvalue weighted by Gasteiger charge is 2.27. The predicted octanol–water partition coefficient (Wildman–Crippen LogP) is 2.85. The van der Waals surface area contributed by atoms with Crippen molar-refractivity contribution in [3.8, 4) is 34.5 Å². The summed E-state index contributed by atoms with van der Waals surface area (Å²) in [6.07, 6.45) is 1.06. The molecule has 0 amide bonds. The van der Waals surface area contributed by atoms with E-state index in [1.165, 1.54) is 0 Å². The predicted molar refractivity (Wildman–Crippen MR) is 79.6 cm³/mol. The molecular formula is C16H18O6. The summed E-state index contributed by atoms with van der Waals surface area (Å²) < 4.78 is 0. The number of benzene rings is 2. The minimum absolute atomic E-state index is 0.0935. The molecule has 2 aromatic carbocycles. The average molecular weight is 306 g/mol. The van der Waals surface area contributed by atoms with Gasteiger partial charge in [0.25, 0.3) is 0 Å². The molecule has 0 radical (unpaired) electrons. The Kier molecular flexibility index (Phi) is 4.21. The van der Waals surface area contributed by atoms with Gasteiger partial charge in [-0.25, -0.2) is 0 Å². The first-order valence-corrected chi connectivity index (χ1v) is 6.84. The third kappa shape index (κ3) is 2.81. The first-order valence-electron chi connectivity index (χ1n) is 6.84. The Bertz CT molecular complexity index is 592. The van der Waals surface area contributed by atoms with Gasteiger partial charge < -0.3 is 30.6 Å². The van der Waals surface area contributed by atoms with Gasteiger partial charge >= 0.3 is 0 Å². The SMILES string of the molecule is CCCC(c1c(O)cc(O)cc1O)c1c(O)cc(O)cc1O. The molecule has 22 heavy (non-hydrogen) atoms. The second-order valence-electron chi connectivity index (χ2n) is 5.14. The lowest BCUT2D eigenvalue weighted by molar-refractivity contribution is 0.399. The van der Waals surface area contributed by atoms with Crippen molar-refractivity contribution in [1.82, 2.24) is 0 Å². The van der Waals surface area contributed by atoms with Crippen molar-refractivity contribution in [3.63, 3.8) is 0 Å². The summed E-state index contributed by atoms with van der Waals surface area (Å²) >= 11 is 0. The van der Waals surface area contributed by atoms with Crippen LogP contribution >= 0.6 is 0 Å². The zero-order valence-corrected chi connectivity index (χ0v) is 12.0. The maximum atomic E-state index is 10.0. The summed E-state index contributed by atoms with van der Waals surface area (Å²) in [6, 6.07) is 4.30. The monoisotopic (exact) mass is 306 g/mol. The number of phenolic OH excluding ortho intramolecular Hbond substituents is 6. The standard InChI is InChI=1S/C16H18O6/c1-2-3-10(15-11(19)4-8(17)5-12(15)20)16-13(21)6-9(18)7-14(16)22/h4-7,10,17-22H,2-3H2,1H3. The molecule has 6 heteroatoms. The molecule has 6 nitrogen and oxygen atoms in total. The van der Waals surface area contributed by atoms with Crippen molar-refractivity contribution in [2.45, 2.75) is 25.7 Å². The fourth-order valence-electron chi connectivity index (χ4n) is 2.65. The lowest BCUT2D eigenvalue weighted by Gasteiger charge is -2.22. The van der Waals surface area contributed by atoms with Crippen LogP contribution in [-0.4, -0.2) is 30.6 Å². The molecular weight excluding hydrogens is 288 g/mol. The van der Waals surface area contributed by atoms with Crippen LogP contribution in [0.4, 0.5) is 0 Å². The lowest BCUT2D eigenvalue weighted by atomic mass is 9.85. The van der Waals surface area contributed by atoms with E-state index < -0.39 is 5.92 Å². The Morgan fingerprint density at radius 3 is 1.27 bits per heavy atom. The van der Waals surface area contributed by atoms with E-state index in [1.54, 1.807) is 0 Å². The summed E-state index contributed by atoms with van der Waals surface area (Å²) in [7, 11) is 0. The summed E-state index contributed by atoms with van der Waals surface area (Å²) in [5.74, 6) is -2.68. The van der Waals surface area contributed by atoms with E-state index >= 15 is 0 Å². The molecule has 0 bridgehead atoms. The first-order chi connectivity index (χ1) is 10.3. The van der Waals surface area contributed by atoms with Gasteiger partial charge in [-0.3, -0.25) is 0 Å². The number of phenols is 6. The van der Waals surface area contributed by atoms with Crippen molar-refractivity contribution < 1.29 is 30.6 Å². The Morgan fingerprint density at radius 1 is 0.682 bits per heavy atom. The van der Waals surface area contributed by atoms with Crippen molar-refractivity contribution in [2.75, 3.05) is 0 Å². The molecule has 6 N–H and O–H groups in total. The molecule has 0 saturated heterocycles. The second kappa shape index (κ2) is 5.93. The van der Waals surface area contributed by atoms with E-state index in [0.717, 1.165) is 24.3 Å². The molecule has 0 atom stereocenters. The minimum Gasteiger partial charge on any atom is -0.508 e. The van der Waals surface area contributed by atoms with Gasteiger partial charge in [0.15, 0.2) is 0 Å². The third-order valence-electron chi connectivity index (χ3n) is 3.52. The third-order valence-corrected chi connectivity index (χ3v) is 3.52. The van der Waals surface area contributed by atoms with Gasteiger partial charge in [0.05, 0.1) is 0 Å². The van der Waals surface area contributed by atoms with Crippen LogP contribution in [0.5, 0.6) is 34.5 Å². The van der Waals surface area contributed by atoms with Gasteiger partial charge in [-0.2, -0.15) is 0 Å². The van der Waals surface area contributed by atoms with E-state index in [0.29, 0.717) is 12.8 Å². The molecule has 2 aromatic rings. The Balaban J connectivity index is 2.67. The molecule has 0 fully saturated rings. The summed E-state index contributed by atoms with van der Waals surface area (Å²) in [5.41, 5.74) is 0.187. The van der Waals surface area contributed by atoms with Crippen LogP contribution in [0.15, 0.2) is 24.3 Å². The molecule has 0 spiro atoms. The van der Waals surface area contributed by atoms with Crippen molar-refractivity contribution >= 4 is 0 Å². The van der Waals surface area contributed by atoms with Crippen molar-refractivity contribution in [3.05, 3.63) is 35.4 Å². The van der Waals surface area contributed by atoms with Crippen molar-refractivity contribution in [1.29, 1.82) is 0 Å². The van der Waals surface area contributed by atoms with Crippen molar-refractivity contribution in [2.24, 2.45) is 0 Å². The highest BCUT2D eigenvalue weighted by molar-refractivity contribution is 5.59. The van der Waals surface area contributed by atoms with E-state index in [4.69, 9.17) is 0 Å². The van der Waals surface area contributed by atoms with Crippen LogP contribution in [0.2, 0.25) is 0 Å². The average Bonchev–Trinajstić information content (AvgIpc) is 2.36. The largest absolute Gasteiger partial charge is 0.508 e. The number of hydrogen-bond acceptors (Lipinski definition) is 6. The second-order valence-corrected chi connectivity index (χ2v) is 5.14. The maximum Gasteiger partial charge on any atom is 0.126 e. The highest BCUT2D eigenvalue weighted by Crippen LogP contribution is 2.48. The molecule has 0 aromatic heterocycles. The number of aromatic hydroxyl groups is 6. The van der Waals surface area contributed by atoms with E-state index in [2.05, 4.69) is 0 Å². The molecule has 2 rings (SSSR count). The van der Waals surface area contributed by atoms with Gasteiger partial charge in [-0.05, 0) is 6.42 Å². The lowest BCUT2D eigenvalue weighted by Crippen LogP contribution is -2.03. The number of rotatable bonds is 4. The topological polar surface area (TPSA) is 121 Å². The molecule has 118 valence electrons. The van der Waals surface area contributed by atoms with Gasteiger partial charge in [0.2, 0.25) is 0 Å². The van der Waals surface area contributed by atoms with E-state index in [-0.39, 0.29) is 45.6 Å². The van der Waals surface area contributed by atoms with Gasteiger partial charge in [0.1, 0.15) is 34.5 Å². The van der Waals surface area contributed by atoms with Crippen LogP contribution in [0, 0.1) is 0 Å². The molecule has 0 aliphatic rings. The Labute approximate surface area is 127 Å². The van der Waals surface area contributed by atoms with E-state index in [9.17, 15) is 30.6 Å². The van der Waals surface area contributed by atoms with Gasteiger partial charge in [0, 0.05) is 41.3 Å². The van der Waals surface area contributed by atoms with Gasteiger partial charge in [-0.15, -0.1) is 0 Å².